The summed E-state index contributed by atoms with van der Waals surface area (Å²) in [6.07, 6.45) is 0. The van der Waals surface area contributed by atoms with Crippen molar-refractivity contribution in [2.45, 2.75) is 19.9 Å². The lowest BCUT2D eigenvalue weighted by Gasteiger charge is -2.31. The molecule has 0 spiro atoms. The van der Waals surface area contributed by atoms with Crippen LogP contribution in [0.25, 0.3) is 0 Å². The predicted octanol–water partition coefficient (Wildman–Crippen LogP) is 1.40. The number of thiophene rings is 1. The topological polar surface area (TPSA) is 75.5 Å². The fourth-order valence-electron chi connectivity index (χ4n) is 2.03. The Bertz CT molecular complexity index is 486. The Morgan fingerprint density at radius 2 is 2.39 bits per heavy atom. The van der Waals surface area contributed by atoms with Gasteiger partial charge in [-0.3, -0.25) is 14.9 Å². The zero-order valence-corrected chi connectivity index (χ0v) is 11.1. The Hall–Kier alpha value is -1.47. The van der Waals surface area contributed by atoms with Gasteiger partial charge in [-0.2, -0.15) is 0 Å². The molecule has 0 saturated carbocycles. The van der Waals surface area contributed by atoms with Crippen LogP contribution in [0.4, 0.5) is 5.69 Å². The van der Waals surface area contributed by atoms with Gasteiger partial charge in [-0.1, -0.05) is 0 Å². The van der Waals surface area contributed by atoms with Crippen LogP contribution in [0.1, 0.15) is 21.5 Å². The molecule has 2 heterocycles. The predicted molar refractivity (Wildman–Crippen MR) is 69.1 cm³/mol. The maximum Gasteiger partial charge on any atom is 0.283 e. The zero-order valence-electron chi connectivity index (χ0n) is 10.3. The lowest BCUT2D eigenvalue weighted by molar-refractivity contribution is -0.385. The Labute approximate surface area is 109 Å². The smallest absolute Gasteiger partial charge is 0.283 e. The number of rotatable bonds is 2. The van der Waals surface area contributed by atoms with Crippen LogP contribution in [0.3, 0.4) is 0 Å². The average molecular weight is 269 g/mol. The summed E-state index contributed by atoms with van der Waals surface area (Å²) in [7, 11) is 0. The van der Waals surface area contributed by atoms with Crippen molar-refractivity contribution < 1.29 is 9.72 Å². The third-order valence-electron chi connectivity index (χ3n) is 2.96. The quantitative estimate of drug-likeness (QED) is 0.650. The molecule has 1 aliphatic heterocycles. The highest BCUT2D eigenvalue weighted by Crippen LogP contribution is 2.29. The minimum absolute atomic E-state index is 0.0338. The van der Waals surface area contributed by atoms with Crippen LogP contribution in [0.5, 0.6) is 0 Å². The molecule has 0 aliphatic carbocycles. The largest absolute Gasteiger partial charge is 0.335 e. The van der Waals surface area contributed by atoms with E-state index in [1.165, 1.54) is 17.4 Å². The molecule has 0 aromatic carbocycles. The van der Waals surface area contributed by atoms with Gasteiger partial charge >= 0.3 is 0 Å². The van der Waals surface area contributed by atoms with Crippen molar-refractivity contribution in [3.8, 4) is 0 Å². The van der Waals surface area contributed by atoms with Gasteiger partial charge in [-0.05, 0) is 13.8 Å². The Kier molecular flexibility index (Phi) is 3.63. The van der Waals surface area contributed by atoms with E-state index in [0.29, 0.717) is 22.8 Å². The van der Waals surface area contributed by atoms with Gasteiger partial charge in [0, 0.05) is 31.7 Å². The standard InChI is InChI=1S/C11H15N3O3S/c1-7-6-13(4-3-12-7)11(15)10-5-9(14(16)17)8(2)18-10/h5,7,12H,3-4,6H2,1-2H3. The first kappa shape index (κ1) is 13.0. The van der Waals surface area contributed by atoms with Crippen molar-refractivity contribution in [3.05, 3.63) is 25.9 Å². The molecule has 6 nitrogen and oxygen atoms in total. The van der Waals surface area contributed by atoms with Crippen molar-refractivity contribution in [1.29, 1.82) is 0 Å². The molecule has 1 aliphatic rings. The molecule has 98 valence electrons. The molecule has 1 atom stereocenters. The van der Waals surface area contributed by atoms with Gasteiger partial charge in [0.2, 0.25) is 0 Å². The molecule has 1 amide bonds. The number of nitro groups is 1. The maximum absolute atomic E-state index is 12.2. The van der Waals surface area contributed by atoms with Crippen molar-refractivity contribution in [3.63, 3.8) is 0 Å². The number of amides is 1. The Morgan fingerprint density at radius 3 is 2.94 bits per heavy atom. The van der Waals surface area contributed by atoms with Crippen molar-refractivity contribution >= 4 is 22.9 Å². The second-order valence-electron chi connectivity index (χ2n) is 4.42. The fraction of sp³-hybridized carbons (Fsp3) is 0.545. The molecule has 1 saturated heterocycles. The van der Waals surface area contributed by atoms with Crippen molar-refractivity contribution in [1.82, 2.24) is 10.2 Å². The van der Waals surface area contributed by atoms with E-state index in [1.54, 1.807) is 11.8 Å². The highest BCUT2D eigenvalue weighted by atomic mass is 32.1. The molecule has 1 unspecified atom stereocenters. The number of piperazine rings is 1. The monoisotopic (exact) mass is 269 g/mol. The van der Waals surface area contributed by atoms with E-state index in [1.807, 2.05) is 6.92 Å². The summed E-state index contributed by atoms with van der Waals surface area (Å²) in [6.45, 7) is 5.73. The summed E-state index contributed by atoms with van der Waals surface area (Å²) >= 11 is 1.19. The number of nitrogens with one attached hydrogen (secondary N) is 1. The van der Waals surface area contributed by atoms with E-state index < -0.39 is 4.92 Å². The van der Waals surface area contributed by atoms with Crippen molar-refractivity contribution in [2.24, 2.45) is 0 Å². The first-order valence-corrected chi connectivity index (χ1v) is 6.58. The minimum atomic E-state index is -0.441. The number of carbonyl (C=O) groups is 1. The highest BCUT2D eigenvalue weighted by Gasteiger charge is 2.26. The second kappa shape index (κ2) is 5.03. The lowest BCUT2D eigenvalue weighted by Crippen LogP contribution is -2.51. The van der Waals surface area contributed by atoms with Gasteiger partial charge in [0.1, 0.15) is 0 Å². The number of aryl methyl sites for hydroxylation is 1. The lowest BCUT2D eigenvalue weighted by atomic mass is 10.2. The van der Waals surface area contributed by atoms with Crippen LogP contribution in [0, 0.1) is 17.0 Å². The first-order valence-electron chi connectivity index (χ1n) is 5.76. The SMILES string of the molecule is Cc1sc(C(=O)N2CCNC(C)C2)cc1[N+](=O)[O-]. The summed E-state index contributed by atoms with van der Waals surface area (Å²) in [6, 6.07) is 1.65. The van der Waals surface area contributed by atoms with Crippen LogP contribution in [-0.2, 0) is 0 Å². The average Bonchev–Trinajstić information content (AvgIpc) is 2.70. The summed E-state index contributed by atoms with van der Waals surface area (Å²) < 4.78 is 0. The Balaban J connectivity index is 2.18. The van der Waals surface area contributed by atoms with Crippen LogP contribution in [0.15, 0.2) is 6.07 Å². The van der Waals surface area contributed by atoms with Gasteiger partial charge in [0.15, 0.2) is 0 Å². The maximum atomic E-state index is 12.2. The number of hydrogen-bond acceptors (Lipinski definition) is 5. The highest BCUT2D eigenvalue weighted by molar-refractivity contribution is 7.14. The van der Waals surface area contributed by atoms with Gasteiger partial charge in [-0.25, -0.2) is 0 Å². The number of hydrogen-bond donors (Lipinski definition) is 1. The van der Waals surface area contributed by atoms with E-state index in [2.05, 4.69) is 5.32 Å². The number of nitrogens with zero attached hydrogens (tertiary/aromatic N) is 2. The summed E-state index contributed by atoms with van der Waals surface area (Å²) in [4.78, 5) is 25.3. The van der Waals surface area contributed by atoms with Crippen LogP contribution < -0.4 is 5.32 Å². The number of carbonyl (C=O) groups excluding carboxylic acids is 1. The van der Waals surface area contributed by atoms with Gasteiger partial charge in [0.05, 0.1) is 14.7 Å². The normalized spacial score (nSPS) is 19.9. The summed E-state index contributed by atoms with van der Waals surface area (Å²) in [5, 5.41) is 14.0. The third-order valence-corrected chi connectivity index (χ3v) is 3.98. The molecule has 1 fully saturated rings. The second-order valence-corrected chi connectivity index (χ2v) is 5.67. The van der Waals surface area contributed by atoms with Crippen LogP contribution >= 0.6 is 11.3 Å². The molecule has 0 bridgehead atoms. The minimum Gasteiger partial charge on any atom is -0.335 e. The molecular weight excluding hydrogens is 254 g/mol. The van der Waals surface area contributed by atoms with E-state index >= 15 is 0 Å². The third kappa shape index (κ3) is 2.51. The Morgan fingerprint density at radius 1 is 1.67 bits per heavy atom. The van der Waals surface area contributed by atoms with Crippen LogP contribution in [-0.4, -0.2) is 41.4 Å². The summed E-state index contributed by atoms with van der Waals surface area (Å²) in [5.41, 5.74) is 0.0338. The molecule has 0 radical (unpaired) electrons. The van der Waals surface area contributed by atoms with Gasteiger partial charge < -0.3 is 10.2 Å². The van der Waals surface area contributed by atoms with Gasteiger partial charge in [0.25, 0.3) is 11.6 Å². The molecule has 2 rings (SSSR count). The van der Waals surface area contributed by atoms with Crippen LogP contribution in [0.2, 0.25) is 0 Å². The molecule has 1 N–H and O–H groups in total. The van der Waals surface area contributed by atoms with E-state index in [4.69, 9.17) is 0 Å². The van der Waals surface area contributed by atoms with Gasteiger partial charge in [-0.15, -0.1) is 11.3 Å². The molecule has 7 heteroatoms. The molecular formula is C11H15N3O3S. The summed E-state index contributed by atoms with van der Waals surface area (Å²) in [5.74, 6) is -0.107. The van der Waals surface area contributed by atoms with Crippen molar-refractivity contribution in [2.75, 3.05) is 19.6 Å². The van der Waals surface area contributed by atoms with E-state index in [0.717, 1.165) is 6.54 Å². The molecule has 1 aromatic rings. The fourth-order valence-corrected chi connectivity index (χ4v) is 2.99. The zero-order chi connectivity index (χ0) is 13.3. The molecule has 1 aromatic heterocycles. The van der Waals surface area contributed by atoms with E-state index in [9.17, 15) is 14.9 Å². The first-order chi connectivity index (χ1) is 8.49. The van der Waals surface area contributed by atoms with E-state index in [-0.39, 0.29) is 17.6 Å². The molecule has 18 heavy (non-hydrogen) atoms.